The summed E-state index contributed by atoms with van der Waals surface area (Å²) in [5, 5.41) is 3.28. The summed E-state index contributed by atoms with van der Waals surface area (Å²) in [5.74, 6) is -1.05. The fourth-order valence-electron chi connectivity index (χ4n) is 1.94. The van der Waals surface area contributed by atoms with Crippen LogP contribution in [0.15, 0.2) is 18.2 Å². The molecule has 18 heavy (non-hydrogen) atoms. The van der Waals surface area contributed by atoms with Gasteiger partial charge in [0.05, 0.1) is 6.04 Å². The Morgan fingerprint density at radius 2 is 1.89 bits per heavy atom. The van der Waals surface area contributed by atoms with Crippen LogP contribution in [0.25, 0.3) is 0 Å². The van der Waals surface area contributed by atoms with Crippen LogP contribution in [0.4, 0.5) is 8.78 Å². The molecule has 1 N–H and O–H groups in total. The van der Waals surface area contributed by atoms with Crippen molar-refractivity contribution in [3.05, 3.63) is 35.4 Å². The normalized spacial score (nSPS) is 14.0. The van der Waals surface area contributed by atoms with Crippen molar-refractivity contribution in [1.82, 2.24) is 10.2 Å². The molecule has 0 radical (unpaired) electrons. The molecule has 102 valence electrons. The lowest BCUT2D eigenvalue weighted by Crippen LogP contribution is -2.49. The molecular formula is C14H22F2N2. The van der Waals surface area contributed by atoms with Gasteiger partial charge < -0.3 is 10.2 Å². The molecule has 0 amide bonds. The van der Waals surface area contributed by atoms with Gasteiger partial charge in [-0.25, -0.2) is 8.78 Å². The van der Waals surface area contributed by atoms with E-state index in [0.29, 0.717) is 5.56 Å². The average Bonchev–Trinajstić information content (AvgIpc) is 2.26. The van der Waals surface area contributed by atoms with Gasteiger partial charge in [0.1, 0.15) is 11.6 Å². The summed E-state index contributed by atoms with van der Waals surface area (Å²) in [7, 11) is 3.90. The second kappa shape index (κ2) is 5.76. The first-order valence-corrected chi connectivity index (χ1v) is 6.16. The molecule has 0 aromatic heterocycles. The van der Waals surface area contributed by atoms with Crippen LogP contribution in [-0.2, 0) is 0 Å². The van der Waals surface area contributed by atoms with Crippen molar-refractivity contribution >= 4 is 0 Å². The molecule has 0 aliphatic rings. The quantitative estimate of drug-likeness (QED) is 0.871. The SMILES string of the molecule is CCNC(c1ccc(F)cc1F)C(C)(C)N(C)C. The Morgan fingerprint density at radius 1 is 1.28 bits per heavy atom. The molecule has 1 aromatic rings. The molecule has 4 heteroatoms. The van der Waals surface area contributed by atoms with Crippen LogP contribution in [0.3, 0.4) is 0 Å². The molecule has 1 aromatic carbocycles. The van der Waals surface area contributed by atoms with Gasteiger partial charge in [0.15, 0.2) is 0 Å². The Hall–Kier alpha value is -1.00. The highest BCUT2D eigenvalue weighted by Crippen LogP contribution is 2.31. The third kappa shape index (κ3) is 3.06. The third-order valence-electron chi connectivity index (χ3n) is 3.54. The molecule has 1 rings (SSSR count). The molecule has 1 atom stereocenters. The summed E-state index contributed by atoms with van der Waals surface area (Å²) in [6.07, 6.45) is 0. The van der Waals surface area contributed by atoms with Gasteiger partial charge in [0, 0.05) is 17.2 Å². The van der Waals surface area contributed by atoms with E-state index in [-0.39, 0.29) is 11.6 Å². The number of nitrogens with zero attached hydrogens (tertiary/aromatic N) is 1. The molecular weight excluding hydrogens is 234 g/mol. The van der Waals surface area contributed by atoms with Crippen LogP contribution in [-0.4, -0.2) is 31.1 Å². The van der Waals surface area contributed by atoms with Gasteiger partial charge in [-0.05, 0) is 40.6 Å². The number of hydrogen-bond acceptors (Lipinski definition) is 2. The predicted molar refractivity (Wildman–Crippen MR) is 70.5 cm³/mol. The largest absolute Gasteiger partial charge is 0.309 e. The standard InChI is InChI=1S/C14H22F2N2/c1-6-17-13(14(2,3)18(4)5)11-8-7-10(15)9-12(11)16/h7-9,13,17H,6H2,1-5H3. The predicted octanol–water partition coefficient (Wildman–Crippen LogP) is 2.96. The number of halogens is 2. The highest BCUT2D eigenvalue weighted by molar-refractivity contribution is 5.25. The van der Waals surface area contributed by atoms with E-state index in [1.54, 1.807) is 0 Å². The fraction of sp³-hybridized carbons (Fsp3) is 0.571. The van der Waals surface area contributed by atoms with Gasteiger partial charge in [-0.15, -0.1) is 0 Å². The van der Waals surface area contributed by atoms with Crippen molar-refractivity contribution in [3.63, 3.8) is 0 Å². The van der Waals surface area contributed by atoms with Crippen LogP contribution in [0, 0.1) is 11.6 Å². The molecule has 2 nitrogen and oxygen atoms in total. The Labute approximate surface area is 108 Å². The van der Waals surface area contributed by atoms with E-state index in [0.717, 1.165) is 12.6 Å². The Morgan fingerprint density at radius 3 is 2.33 bits per heavy atom. The molecule has 0 bridgehead atoms. The van der Waals surface area contributed by atoms with Crippen molar-refractivity contribution in [2.24, 2.45) is 0 Å². The van der Waals surface area contributed by atoms with Crippen molar-refractivity contribution in [2.75, 3.05) is 20.6 Å². The molecule has 1 unspecified atom stereocenters. The van der Waals surface area contributed by atoms with Crippen LogP contribution in [0.1, 0.15) is 32.4 Å². The minimum absolute atomic E-state index is 0.196. The minimum Gasteiger partial charge on any atom is -0.309 e. The van der Waals surface area contributed by atoms with E-state index in [9.17, 15) is 8.78 Å². The number of hydrogen-bond donors (Lipinski definition) is 1. The van der Waals surface area contributed by atoms with Crippen molar-refractivity contribution in [3.8, 4) is 0 Å². The molecule has 0 saturated heterocycles. The maximum atomic E-state index is 13.9. The van der Waals surface area contributed by atoms with Crippen molar-refractivity contribution in [1.29, 1.82) is 0 Å². The smallest absolute Gasteiger partial charge is 0.130 e. The number of likely N-dealkylation sites (N-methyl/N-ethyl adjacent to an activating group) is 2. The van der Waals surface area contributed by atoms with E-state index in [4.69, 9.17) is 0 Å². The number of nitrogens with one attached hydrogen (secondary N) is 1. The molecule has 0 aliphatic heterocycles. The van der Waals surface area contributed by atoms with E-state index < -0.39 is 11.6 Å². The monoisotopic (exact) mass is 256 g/mol. The lowest BCUT2D eigenvalue weighted by Gasteiger charge is -2.41. The molecule has 0 spiro atoms. The van der Waals surface area contributed by atoms with Gasteiger partial charge in [0.2, 0.25) is 0 Å². The van der Waals surface area contributed by atoms with Crippen molar-refractivity contribution < 1.29 is 8.78 Å². The molecule has 0 fully saturated rings. The van der Waals surface area contributed by atoms with E-state index >= 15 is 0 Å². The molecule has 0 aliphatic carbocycles. The zero-order chi connectivity index (χ0) is 13.9. The maximum Gasteiger partial charge on any atom is 0.130 e. The van der Waals surface area contributed by atoms with Crippen LogP contribution >= 0.6 is 0 Å². The van der Waals surface area contributed by atoms with E-state index in [2.05, 4.69) is 5.32 Å². The number of rotatable bonds is 5. The topological polar surface area (TPSA) is 15.3 Å². The summed E-state index contributed by atoms with van der Waals surface area (Å²) in [4.78, 5) is 2.03. The lowest BCUT2D eigenvalue weighted by molar-refractivity contribution is 0.137. The maximum absolute atomic E-state index is 13.9. The number of benzene rings is 1. The summed E-state index contributed by atoms with van der Waals surface area (Å²) in [6.45, 7) is 6.76. The minimum atomic E-state index is -0.547. The summed E-state index contributed by atoms with van der Waals surface area (Å²) in [5.41, 5.74) is 0.214. The third-order valence-corrected chi connectivity index (χ3v) is 3.54. The van der Waals surface area contributed by atoms with Crippen LogP contribution in [0.5, 0.6) is 0 Å². The molecule has 0 saturated carbocycles. The van der Waals surface area contributed by atoms with Gasteiger partial charge in [0.25, 0.3) is 0 Å². The van der Waals surface area contributed by atoms with Crippen molar-refractivity contribution in [2.45, 2.75) is 32.4 Å². The highest BCUT2D eigenvalue weighted by atomic mass is 19.1. The lowest BCUT2D eigenvalue weighted by atomic mass is 9.87. The second-order valence-electron chi connectivity index (χ2n) is 5.20. The summed E-state index contributed by atoms with van der Waals surface area (Å²) in [6, 6.07) is 3.56. The van der Waals surface area contributed by atoms with Gasteiger partial charge in [-0.2, -0.15) is 0 Å². The highest BCUT2D eigenvalue weighted by Gasteiger charge is 2.33. The molecule has 0 heterocycles. The van der Waals surface area contributed by atoms with Gasteiger partial charge in [-0.1, -0.05) is 13.0 Å². The zero-order valence-corrected chi connectivity index (χ0v) is 11.7. The first-order valence-electron chi connectivity index (χ1n) is 6.16. The fourth-order valence-corrected chi connectivity index (χ4v) is 1.94. The van der Waals surface area contributed by atoms with Gasteiger partial charge in [-0.3, -0.25) is 0 Å². The summed E-state index contributed by atoms with van der Waals surface area (Å²) >= 11 is 0. The van der Waals surface area contributed by atoms with E-state index in [1.165, 1.54) is 12.1 Å². The van der Waals surface area contributed by atoms with Crippen LogP contribution in [0.2, 0.25) is 0 Å². The second-order valence-corrected chi connectivity index (χ2v) is 5.20. The first kappa shape index (κ1) is 15.1. The Bertz CT molecular complexity index is 403. The van der Waals surface area contributed by atoms with Gasteiger partial charge >= 0.3 is 0 Å². The van der Waals surface area contributed by atoms with E-state index in [1.807, 2.05) is 39.8 Å². The first-order chi connectivity index (χ1) is 8.30. The zero-order valence-electron chi connectivity index (χ0n) is 11.7. The summed E-state index contributed by atoms with van der Waals surface area (Å²) < 4.78 is 26.9. The Kier molecular flexibility index (Phi) is 4.82. The Balaban J connectivity index is 3.19. The van der Waals surface area contributed by atoms with Crippen LogP contribution < -0.4 is 5.32 Å². The average molecular weight is 256 g/mol.